The summed E-state index contributed by atoms with van der Waals surface area (Å²) in [7, 11) is 1.96. The largest absolute Gasteiger partial charge is 0.342 e. The summed E-state index contributed by atoms with van der Waals surface area (Å²) in [6, 6.07) is 14.8. The second-order valence-electron chi connectivity index (χ2n) is 7.86. The first-order chi connectivity index (χ1) is 14.6. The Morgan fingerprint density at radius 3 is 2.63 bits per heavy atom. The summed E-state index contributed by atoms with van der Waals surface area (Å²) in [5.74, 6) is 1.04. The Hall–Kier alpha value is -2.12. The van der Waals surface area contributed by atoms with Crippen molar-refractivity contribution >= 4 is 29.0 Å². The van der Waals surface area contributed by atoms with Crippen molar-refractivity contribution in [3.05, 3.63) is 53.4 Å². The second kappa shape index (κ2) is 9.79. The van der Waals surface area contributed by atoms with Crippen LogP contribution in [-0.2, 0) is 11.3 Å². The van der Waals surface area contributed by atoms with Gasteiger partial charge in [0.25, 0.3) is 0 Å². The van der Waals surface area contributed by atoms with E-state index >= 15 is 0 Å². The van der Waals surface area contributed by atoms with Gasteiger partial charge in [0.2, 0.25) is 5.91 Å². The number of hydrogen-bond donors (Lipinski definition) is 0. The number of carbonyl (C=O) groups is 1. The van der Waals surface area contributed by atoms with Crippen molar-refractivity contribution < 1.29 is 4.79 Å². The van der Waals surface area contributed by atoms with Gasteiger partial charge in [0.1, 0.15) is 0 Å². The van der Waals surface area contributed by atoms with Crippen LogP contribution in [0.25, 0.3) is 10.7 Å². The standard InChI is InChI=1S/C23H28N4OS2/c1-17(22(28)26(2)19-12-7-4-8-13-19)30-23-25-24-21(20-14-9-15-29-20)27(23)16-18-10-5-3-6-11-18/h3,5-6,9-11,14-15,17,19H,4,7-8,12-13,16H2,1-2H3. The third-order valence-electron chi connectivity index (χ3n) is 5.74. The van der Waals surface area contributed by atoms with Crippen molar-refractivity contribution in [2.45, 2.75) is 62.0 Å². The Morgan fingerprint density at radius 1 is 1.17 bits per heavy atom. The molecule has 158 valence electrons. The Morgan fingerprint density at radius 2 is 1.93 bits per heavy atom. The molecule has 2 heterocycles. The van der Waals surface area contributed by atoms with Crippen molar-refractivity contribution in [2.75, 3.05) is 7.05 Å². The van der Waals surface area contributed by atoms with Gasteiger partial charge in [-0.1, -0.05) is 67.4 Å². The van der Waals surface area contributed by atoms with E-state index in [9.17, 15) is 4.79 Å². The summed E-state index contributed by atoms with van der Waals surface area (Å²) in [4.78, 5) is 16.2. The van der Waals surface area contributed by atoms with Crippen LogP contribution < -0.4 is 0 Å². The molecule has 0 N–H and O–H groups in total. The lowest BCUT2D eigenvalue weighted by atomic mass is 9.94. The highest BCUT2D eigenvalue weighted by molar-refractivity contribution is 8.00. The number of hydrogen-bond acceptors (Lipinski definition) is 5. The first-order valence-corrected chi connectivity index (χ1v) is 12.3. The molecule has 1 fully saturated rings. The van der Waals surface area contributed by atoms with Crippen molar-refractivity contribution in [1.29, 1.82) is 0 Å². The van der Waals surface area contributed by atoms with Crippen molar-refractivity contribution in [1.82, 2.24) is 19.7 Å². The fourth-order valence-electron chi connectivity index (χ4n) is 4.02. The summed E-state index contributed by atoms with van der Waals surface area (Å²) in [6.45, 7) is 2.67. The van der Waals surface area contributed by atoms with E-state index < -0.39 is 0 Å². The molecule has 0 bridgehead atoms. The van der Waals surface area contributed by atoms with E-state index in [1.54, 1.807) is 11.3 Å². The molecule has 5 nitrogen and oxygen atoms in total. The van der Waals surface area contributed by atoms with E-state index in [0.29, 0.717) is 12.6 Å². The maximum atomic E-state index is 13.1. The zero-order valence-corrected chi connectivity index (χ0v) is 19.2. The van der Waals surface area contributed by atoms with Gasteiger partial charge in [-0.15, -0.1) is 21.5 Å². The van der Waals surface area contributed by atoms with Gasteiger partial charge >= 0.3 is 0 Å². The van der Waals surface area contributed by atoms with Crippen LogP contribution >= 0.6 is 23.1 Å². The molecule has 2 aromatic heterocycles. The Balaban J connectivity index is 1.55. The third kappa shape index (κ3) is 4.78. The van der Waals surface area contributed by atoms with Crippen molar-refractivity contribution in [3.63, 3.8) is 0 Å². The molecule has 1 atom stereocenters. The van der Waals surface area contributed by atoms with Gasteiger partial charge in [-0.25, -0.2) is 0 Å². The smallest absolute Gasteiger partial charge is 0.235 e. The van der Waals surface area contributed by atoms with E-state index in [0.717, 1.165) is 28.7 Å². The van der Waals surface area contributed by atoms with Crippen LogP contribution in [0.5, 0.6) is 0 Å². The van der Waals surface area contributed by atoms with Crippen molar-refractivity contribution in [3.8, 4) is 10.7 Å². The number of nitrogens with zero attached hydrogens (tertiary/aromatic N) is 4. The van der Waals surface area contributed by atoms with Gasteiger partial charge < -0.3 is 4.90 Å². The summed E-state index contributed by atoms with van der Waals surface area (Å²) in [6.07, 6.45) is 5.97. The van der Waals surface area contributed by atoms with Gasteiger partial charge in [-0.05, 0) is 36.8 Å². The highest BCUT2D eigenvalue weighted by atomic mass is 32.2. The van der Waals surface area contributed by atoms with Gasteiger partial charge in [0.15, 0.2) is 11.0 Å². The normalized spacial score (nSPS) is 15.8. The second-order valence-corrected chi connectivity index (χ2v) is 10.1. The summed E-state index contributed by atoms with van der Waals surface area (Å²) in [5, 5.41) is 11.6. The molecule has 0 radical (unpaired) electrons. The molecule has 1 aromatic carbocycles. The topological polar surface area (TPSA) is 51.0 Å². The molecule has 1 aliphatic carbocycles. The maximum absolute atomic E-state index is 13.1. The SMILES string of the molecule is CC(Sc1nnc(-c2cccs2)n1Cc1ccccc1)C(=O)N(C)C1CCCCC1. The van der Waals surface area contributed by atoms with E-state index in [4.69, 9.17) is 0 Å². The average Bonchev–Trinajstić information content (AvgIpc) is 3.44. The fourth-order valence-corrected chi connectivity index (χ4v) is 5.68. The lowest BCUT2D eigenvalue weighted by molar-refractivity contribution is -0.131. The monoisotopic (exact) mass is 440 g/mol. The van der Waals surface area contributed by atoms with E-state index in [-0.39, 0.29) is 11.2 Å². The van der Waals surface area contributed by atoms with Crippen LogP contribution in [0.2, 0.25) is 0 Å². The number of aromatic nitrogens is 3. The minimum absolute atomic E-state index is 0.179. The molecule has 30 heavy (non-hydrogen) atoms. The molecule has 7 heteroatoms. The molecule has 1 saturated carbocycles. The van der Waals surface area contributed by atoms with Gasteiger partial charge in [0, 0.05) is 13.1 Å². The van der Waals surface area contributed by atoms with Gasteiger partial charge in [-0.2, -0.15) is 0 Å². The zero-order valence-electron chi connectivity index (χ0n) is 17.5. The summed E-state index contributed by atoms with van der Waals surface area (Å²) in [5.41, 5.74) is 1.19. The third-order valence-corrected chi connectivity index (χ3v) is 7.68. The number of carbonyl (C=O) groups excluding carboxylic acids is 1. The zero-order chi connectivity index (χ0) is 20.9. The minimum atomic E-state index is -0.202. The Bertz CT molecular complexity index is 949. The molecule has 0 aliphatic heterocycles. The molecule has 4 rings (SSSR count). The predicted octanol–water partition coefficient (Wildman–Crippen LogP) is 5.33. The predicted molar refractivity (Wildman–Crippen MR) is 124 cm³/mol. The lowest BCUT2D eigenvalue weighted by Crippen LogP contribution is -2.42. The van der Waals surface area contributed by atoms with Gasteiger partial charge in [0.05, 0.1) is 16.7 Å². The van der Waals surface area contributed by atoms with Crippen LogP contribution in [0.1, 0.15) is 44.6 Å². The van der Waals surface area contributed by atoms with Gasteiger partial charge in [-0.3, -0.25) is 9.36 Å². The Labute approximate surface area is 186 Å². The molecular weight excluding hydrogens is 412 g/mol. The first kappa shape index (κ1) is 21.1. The molecule has 3 aromatic rings. The van der Waals surface area contributed by atoms with Crippen LogP contribution in [0.3, 0.4) is 0 Å². The van der Waals surface area contributed by atoms with E-state index in [2.05, 4.69) is 38.3 Å². The molecule has 0 spiro atoms. The lowest BCUT2D eigenvalue weighted by Gasteiger charge is -2.32. The highest BCUT2D eigenvalue weighted by Gasteiger charge is 2.28. The fraction of sp³-hybridized carbons (Fsp3) is 0.435. The van der Waals surface area contributed by atoms with E-state index in [1.807, 2.05) is 43.1 Å². The summed E-state index contributed by atoms with van der Waals surface area (Å²) >= 11 is 3.17. The quantitative estimate of drug-likeness (QED) is 0.466. The first-order valence-electron chi connectivity index (χ1n) is 10.6. The Kier molecular flexibility index (Phi) is 6.89. The molecular formula is C23H28N4OS2. The average molecular weight is 441 g/mol. The summed E-state index contributed by atoms with van der Waals surface area (Å²) < 4.78 is 2.14. The van der Waals surface area contributed by atoms with Crippen LogP contribution in [0.15, 0.2) is 53.0 Å². The van der Waals surface area contributed by atoms with Crippen LogP contribution in [-0.4, -0.2) is 43.9 Å². The van der Waals surface area contributed by atoms with Crippen LogP contribution in [0.4, 0.5) is 0 Å². The van der Waals surface area contributed by atoms with Crippen LogP contribution in [0, 0.1) is 0 Å². The minimum Gasteiger partial charge on any atom is -0.342 e. The molecule has 0 saturated heterocycles. The molecule has 1 unspecified atom stereocenters. The number of rotatable bonds is 7. The van der Waals surface area contributed by atoms with Crippen molar-refractivity contribution in [2.24, 2.45) is 0 Å². The number of thioether (sulfide) groups is 1. The number of benzene rings is 1. The maximum Gasteiger partial charge on any atom is 0.235 e. The number of thiophene rings is 1. The van der Waals surface area contributed by atoms with E-state index in [1.165, 1.54) is 36.6 Å². The highest BCUT2D eigenvalue weighted by Crippen LogP contribution is 2.31. The molecule has 1 aliphatic rings. The molecule has 1 amide bonds. The number of amides is 1.